The lowest BCUT2D eigenvalue weighted by molar-refractivity contribution is 0.620. The summed E-state index contributed by atoms with van der Waals surface area (Å²) < 4.78 is 14.3. The predicted molar refractivity (Wildman–Crippen MR) is 83.2 cm³/mol. The van der Waals surface area contributed by atoms with Crippen molar-refractivity contribution < 1.29 is 4.39 Å². The Morgan fingerprint density at radius 2 is 1.85 bits per heavy atom. The molecule has 0 unspecified atom stereocenters. The van der Waals surface area contributed by atoms with Gasteiger partial charge in [0.2, 0.25) is 0 Å². The second-order valence-corrected chi connectivity index (χ2v) is 5.89. The summed E-state index contributed by atoms with van der Waals surface area (Å²) in [6, 6.07) is 9.97. The van der Waals surface area contributed by atoms with Crippen molar-refractivity contribution in [2.75, 3.05) is 0 Å². The van der Waals surface area contributed by atoms with Gasteiger partial charge in [0.15, 0.2) is 0 Å². The molecule has 0 aliphatic heterocycles. The molecule has 100 valence electrons. The molecular weight excluding hydrogens is 391 g/mol. The van der Waals surface area contributed by atoms with Gasteiger partial charge in [0.1, 0.15) is 11.6 Å². The Hall–Kier alpha value is -1.53. The average molecular weight is 398 g/mol. The fourth-order valence-corrected chi connectivity index (χ4v) is 2.76. The van der Waals surface area contributed by atoms with Gasteiger partial charge in [0.25, 0.3) is 5.56 Å². The molecule has 0 saturated carbocycles. The van der Waals surface area contributed by atoms with E-state index < -0.39 is 0 Å². The fraction of sp³-hybridized carbons (Fsp3) is 0. The molecule has 0 bridgehead atoms. The lowest BCUT2D eigenvalue weighted by Gasteiger charge is -2.07. The SMILES string of the molecule is O=c1[nH]c(-c2cc(Br)c(F)cc2Br)nc2ccccc12. The van der Waals surface area contributed by atoms with Crippen LogP contribution >= 0.6 is 31.9 Å². The van der Waals surface area contributed by atoms with Crippen molar-refractivity contribution in [1.29, 1.82) is 0 Å². The molecule has 3 rings (SSSR count). The van der Waals surface area contributed by atoms with E-state index in [4.69, 9.17) is 0 Å². The molecule has 1 aromatic heterocycles. The van der Waals surface area contributed by atoms with E-state index in [1.165, 1.54) is 6.07 Å². The zero-order valence-electron chi connectivity index (χ0n) is 9.95. The zero-order valence-corrected chi connectivity index (χ0v) is 13.1. The molecule has 3 aromatic rings. The summed E-state index contributed by atoms with van der Waals surface area (Å²) in [6.07, 6.45) is 0. The molecule has 1 heterocycles. The summed E-state index contributed by atoms with van der Waals surface area (Å²) in [5.74, 6) is 0.00466. The van der Waals surface area contributed by atoms with E-state index in [1.54, 1.807) is 24.3 Å². The van der Waals surface area contributed by atoms with Gasteiger partial charge >= 0.3 is 0 Å². The summed E-state index contributed by atoms with van der Waals surface area (Å²) in [6.45, 7) is 0. The van der Waals surface area contributed by atoms with Crippen LogP contribution in [0.2, 0.25) is 0 Å². The zero-order chi connectivity index (χ0) is 14.3. The van der Waals surface area contributed by atoms with Gasteiger partial charge in [-0.3, -0.25) is 4.79 Å². The van der Waals surface area contributed by atoms with Gasteiger partial charge in [-0.15, -0.1) is 0 Å². The summed E-state index contributed by atoms with van der Waals surface area (Å²) in [4.78, 5) is 19.2. The molecule has 1 N–H and O–H groups in total. The van der Waals surface area contributed by atoms with E-state index in [0.717, 1.165) is 0 Å². The van der Waals surface area contributed by atoms with Crippen LogP contribution in [0.25, 0.3) is 22.3 Å². The normalized spacial score (nSPS) is 10.9. The minimum absolute atomic E-state index is 0.224. The lowest BCUT2D eigenvalue weighted by atomic mass is 10.2. The Bertz CT molecular complexity index is 877. The predicted octanol–water partition coefficient (Wildman–Crippen LogP) is 4.25. The smallest absolute Gasteiger partial charge is 0.259 e. The first-order valence-electron chi connectivity index (χ1n) is 5.70. The molecule has 0 aliphatic rings. The highest BCUT2D eigenvalue weighted by Crippen LogP contribution is 2.31. The quantitative estimate of drug-likeness (QED) is 0.623. The average Bonchev–Trinajstić information content (AvgIpc) is 2.43. The van der Waals surface area contributed by atoms with Crippen molar-refractivity contribution in [3.05, 3.63) is 61.5 Å². The molecule has 0 atom stereocenters. The molecule has 0 radical (unpaired) electrons. The third kappa shape index (κ3) is 2.29. The van der Waals surface area contributed by atoms with Gasteiger partial charge in [0, 0.05) is 10.0 Å². The molecule has 0 amide bonds. The van der Waals surface area contributed by atoms with Crippen LogP contribution in [0.4, 0.5) is 4.39 Å². The molecule has 3 nitrogen and oxygen atoms in total. The largest absolute Gasteiger partial charge is 0.306 e. The van der Waals surface area contributed by atoms with Crippen LogP contribution in [0.3, 0.4) is 0 Å². The number of nitrogens with zero attached hydrogens (tertiary/aromatic N) is 1. The maximum absolute atomic E-state index is 13.4. The van der Waals surface area contributed by atoms with E-state index >= 15 is 0 Å². The first-order chi connectivity index (χ1) is 9.56. The number of hydrogen-bond donors (Lipinski definition) is 1. The Morgan fingerprint density at radius 3 is 2.65 bits per heavy atom. The topological polar surface area (TPSA) is 45.8 Å². The summed E-state index contributed by atoms with van der Waals surface area (Å²) in [5, 5.41) is 0.522. The van der Waals surface area contributed by atoms with Crippen molar-refractivity contribution in [3.8, 4) is 11.4 Å². The number of para-hydroxylation sites is 1. The fourth-order valence-electron chi connectivity index (χ4n) is 1.92. The molecule has 6 heteroatoms. The van der Waals surface area contributed by atoms with E-state index in [9.17, 15) is 9.18 Å². The van der Waals surface area contributed by atoms with Crippen LogP contribution in [-0.2, 0) is 0 Å². The van der Waals surface area contributed by atoms with Gasteiger partial charge in [0.05, 0.1) is 15.4 Å². The van der Waals surface area contributed by atoms with Gasteiger partial charge in [-0.2, -0.15) is 0 Å². The van der Waals surface area contributed by atoms with Crippen molar-refractivity contribution in [2.45, 2.75) is 0 Å². The number of halogens is 3. The highest BCUT2D eigenvalue weighted by molar-refractivity contribution is 9.11. The van der Waals surface area contributed by atoms with Gasteiger partial charge < -0.3 is 4.98 Å². The van der Waals surface area contributed by atoms with Crippen LogP contribution in [0.15, 0.2) is 50.1 Å². The molecule has 0 saturated heterocycles. The Labute approximate surface area is 130 Å². The van der Waals surface area contributed by atoms with Crippen LogP contribution in [0, 0.1) is 5.82 Å². The third-order valence-corrected chi connectivity index (χ3v) is 4.14. The first kappa shape index (κ1) is 13.5. The van der Waals surface area contributed by atoms with E-state index in [1.807, 2.05) is 6.07 Å². The Morgan fingerprint density at radius 1 is 1.10 bits per heavy atom. The number of rotatable bonds is 1. The minimum atomic E-state index is -0.385. The highest BCUT2D eigenvalue weighted by atomic mass is 79.9. The molecule has 2 aromatic carbocycles. The van der Waals surface area contributed by atoms with Crippen molar-refractivity contribution in [2.24, 2.45) is 0 Å². The van der Waals surface area contributed by atoms with Crippen LogP contribution in [-0.4, -0.2) is 9.97 Å². The number of hydrogen-bond acceptors (Lipinski definition) is 2. The maximum Gasteiger partial charge on any atom is 0.259 e. The van der Waals surface area contributed by atoms with Crippen LogP contribution in [0.5, 0.6) is 0 Å². The van der Waals surface area contributed by atoms with Crippen molar-refractivity contribution >= 4 is 42.8 Å². The lowest BCUT2D eigenvalue weighted by Crippen LogP contribution is -2.09. The molecule has 0 spiro atoms. The van der Waals surface area contributed by atoms with Gasteiger partial charge in [-0.05, 0) is 56.1 Å². The van der Waals surface area contributed by atoms with Gasteiger partial charge in [-0.25, -0.2) is 9.37 Å². The molecule has 0 fully saturated rings. The Kier molecular flexibility index (Phi) is 3.43. The number of aromatic amines is 1. The molecular formula is C14H7Br2FN2O. The summed E-state index contributed by atoms with van der Waals surface area (Å²) in [7, 11) is 0. The van der Waals surface area contributed by atoms with Crippen molar-refractivity contribution in [3.63, 3.8) is 0 Å². The second kappa shape index (κ2) is 5.10. The molecule has 20 heavy (non-hydrogen) atoms. The standard InChI is InChI=1S/C14H7Br2FN2O/c15-9-6-11(17)10(16)5-8(9)13-18-12-4-2-1-3-7(12)14(20)19-13/h1-6H,(H,18,19,20). The number of H-pyrrole nitrogens is 1. The number of nitrogens with one attached hydrogen (secondary N) is 1. The Balaban J connectivity index is 2.30. The summed E-state index contributed by atoms with van der Waals surface area (Å²) in [5.41, 5.74) is 0.984. The van der Waals surface area contributed by atoms with E-state index in [-0.39, 0.29) is 11.4 Å². The number of aromatic nitrogens is 2. The maximum atomic E-state index is 13.4. The van der Waals surface area contributed by atoms with Crippen LogP contribution < -0.4 is 5.56 Å². The van der Waals surface area contributed by atoms with Crippen molar-refractivity contribution in [1.82, 2.24) is 9.97 Å². The van der Waals surface area contributed by atoms with Gasteiger partial charge in [-0.1, -0.05) is 12.1 Å². The summed E-state index contributed by atoms with van der Waals surface area (Å²) >= 11 is 6.41. The molecule has 0 aliphatic carbocycles. The minimum Gasteiger partial charge on any atom is -0.306 e. The first-order valence-corrected chi connectivity index (χ1v) is 7.29. The number of fused-ring (bicyclic) bond motifs is 1. The number of benzene rings is 2. The van der Waals surface area contributed by atoms with E-state index in [0.29, 0.717) is 31.2 Å². The van der Waals surface area contributed by atoms with E-state index in [2.05, 4.69) is 41.8 Å². The third-order valence-electron chi connectivity index (χ3n) is 2.88. The second-order valence-electron chi connectivity index (χ2n) is 4.18. The monoisotopic (exact) mass is 396 g/mol. The highest BCUT2D eigenvalue weighted by Gasteiger charge is 2.12. The van der Waals surface area contributed by atoms with Crippen LogP contribution in [0.1, 0.15) is 0 Å².